The summed E-state index contributed by atoms with van der Waals surface area (Å²) in [4.78, 5) is 0. The van der Waals surface area contributed by atoms with Gasteiger partial charge in [0.1, 0.15) is 0 Å². The molecule has 0 aliphatic heterocycles. The third-order valence-corrected chi connectivity index (χ3v) is 3.66. The van der Waals surface area contributed by atoms with Crippen molar-refractivity contribution < 1.29 is 14.3 Å². The van der Waals surface area contributed by atoms with Crippen molar-refractivity contribution in [1.82, 2.24) is 0 Å². The Bertz CT molecular complexity index is 769. The number of methoxy groups -OCH3 is 1. The van der Waals surface area contributed by atoms with Crippen molar-refractivity contribution in [2.75, 3.05) is 7.11 Å². The van der Waals surface area contributed by atoms with E-state index in [9.17, 15) is 5.11 Å². The van der Waals surface area contributed by atoms with Gasteiger partial charge < -0.3 is 14.3 Å². The number of hydrogen-bond acceptors (Lipinski definition) is 3. The van der Waals surface area contributed by atoms with Gasteiger partial charge in [0, 0.05) is 10.8 Å². The van der Waals surface area contributed by atoms with E-state index in [2.05, 4.69) is 0 Å². The third kappa shape index (κ3) is 1.55. The zero-order chi connectivity index (χ0) is 13.6. The molecule has 3 nitrogen and oxygen atoms in total. The molecule has 19 heavy (non-hydrogen) atoms. The van der Waals surface area contributed by atoms with Crippen LogP contribution in [0.3, 0.4) is 0 Å². The number of aliphatic hydroxyl groups is 1. The van der Waals surface area contributed by atoms with Crippen molar-refractivity contribution in [3.8, 4) is 5.75 Å². The molecule has 0 spiro atoms. The number of aliphatic hydroxyl groups excluding tert-OH is 1. The second kappa shape index (κ2) is 4.28. The summed E-state index contributed by atoms with van der Waals surface area (Å²) >= 11 is 0. The lowest BCUT2D eigenvalue weighted by molar-refractivity contribution is 0.284. The first-order chi connectivity index (χ1) is 9.19. The van der Waals surface area contributed by atoms with E-state index in [0.717, 1.165) is 38.6 Å². The first kappa shape index (κ1) is 12.1. The molecule has 1 aromatic heterocycles. The quantitative estimate of drug-likeness (QED) is 0.760. The molecule has 1 N–H and O–H groups in total. The summed E-state index contributed by atoms with van der Waals surface area (Å²) in [7, 11) is 1.65. The van der Waals surface area contributed by atoms with Gasteiger partial charge in [-0.05, 0) is 35.9 Å². The molecule has 3 heteroatoms. The molecule has 0 aliphatic rings. The molecular weight excluding hydrogens is 240 g/mol. The van der Waals surface area contributed by atoms with Crippen molar-refractivity contribution in [1.29, 1.82) is 0 Å². The Morgan fingerprint density at radius 2 is 1.95 bits per heavy atom. The largest absolute Gasteiger partial charge is 0.492 e. The molecule has 0 aliphatic carbocycles. The maximum Gasteiger partial charge on any atom is 0.176 e. The Labute approximate surface area is 111 Å². The fraction of sp³-hybridized carbons (Fsp3) is 0.250. The Hall–Kier alpha value is -2.00. The Balaban J connectivity index is 2.67. The van der Waals surface area contributed by atoms with E-state index in [0.29, 0.717) is 5.58 Å². The van der Waals surface area contributed by atoms with Crippen molar-refractivity contribution in [2.24, 2.45) is 0 Å². The van der Waals surface area contributed by atoms with Crippen LogP contribution in [0.15, 0.2) is 28.9 Å². The Kier molecular flexibility index (Phi) is 2.72. The lowest BCUT2D eigenvalue weighted by Gasteiger charge is -2.13. The van der Waals surface area contributed by atoms with Gasteiger partial charge in [0.15, 0.2) is 11.3 Å². The van der Waals surface area contributed by atoms with E-state index in [4.69, 9.17) is 9.15 Å². The van der Waals surface area contributed by atoms with Gasteiger partial charge in [-0.25, -0.2) is 0 Å². The minimum Gasteiger partial charge on any atom is -0.492 e. The van der Waals surface area contributed by atoms with Gasteiger partial charge in [0.05, 0.1) is 20.0 Å². The Morgan fingerprint density at radius 3 is 2.63 bits per heavy atom. The van der Waals surface area contributed by atoms with Crippen LogP contribution in [0.25, 0.3) is 21.7 Å². The summed E-state index contributed by atoms with van der Waals surface area (Å²) in [5.41, 5.74) is 3.77. The van der Waals surface area contributed by atoms with Crippen LogP contribution in [0.5, 0.6) is 5.75 Å². The van der Waals surface area contributed by atoms with Crippen LogP contribution in [0.1, 0.15) is 16.7 Å². The van der Waals surface area contributed by atoms with Gasteiger partial charge in [-0.15, -0.1) is 0 Å². The van der Waals surface area contributed by atoms with Crippen molar-refractivity contribution in [2.45, 2.75) is 20.5 Å². The predicted octanol–water partition coefficient (Wildman–Crippen LogP) is 3.70. The normalized spacial score (nSPS) is 11.4. The third-order valence-electron chi connectivity index (χ3n) is 3.66. The zero-order valence-electron chi connectivity index (χ0n) is 11.3. The van der Waals surface area contributed by atoms with Crippen LogP contribution in [0.4, 0.5) is 0 Å². The molecule has 0 amide bonds. The fourth-order valence-corrected chi connectivity index (χ4v) is 2.85. The molecule has 0 radical (unpaired) electrons. The smallest absolute Gasteiger partial charge is 0.176 e. The van der Waals surface area contributed by atoms with Gasteiger partial charge in [-0.1, -0.05) is 18.2 Å². The zero-order valence-corrected chi connectivity index (χ0v) is 11.3. The molecule has 0 unspecified atom stereocenters. The molecule has 3 rings (SSSR count). The summed E-state index contributed by atoms with van der Waals surface area (Å²) in [5.74, 6) is 0.735. The van der Waals surface area contributed by atoms with Gasteiger partial charge in [0.2, 0.25) is 0 Å². The van der Waals surface area contributed by atoms with Crippen LogP contribution in [0, 0.1) is 13.8 Å². The summed E-state index contributed by atoms with van der Waals surface area (Å²) in [6.45, 7) is 4.01. The first-order valence-corrected chi connectivity index (χ1v) is 6.25. The van der Waals surface area contributed by atoms with E-state index in [1.54, 1.807) is 13.4 Å². The molecule has 1 heterocycles. The molecule has 0 saturated heterocycles. The topological polar surface area (TPSA) is 42.6 Å². The summed E-state index contributed by atoms with van der Waals surface area (Å²) in [5, 5.41) is 12.8. The monoisotopic (exact) mass is 256 g/mol. The van der Waals surface area contributed by atoms with E-state index in [-0.39, 0.29) is 6.61 Å². The fourth-order valence-electron chi connectivity index (χ4n) is 2.85. The number of ether oxygens (including phenoxy) is 1. The summed E-state index contributed by atoms with van der Waals surface area (Å²) in [6, 6.07) is 6.03. The number of benzene rings is 2. The predicted molar refractivity (Wildman–Crippen MR) is 75.7 cm³/mol. The molecule has 0 fully saturated rings. The van der Waals surface area contributed by atoms with Crippen LogP contribution in [0.2, 0.25) is 0 Å². The number of hydrogen-bond donors (Lipinski definition) is 1. The van der Waals surface area contributed by atoms with Crippen molar-refractivity contribution in [3.63, 3.8) is 0 Å². The van der Waals surface area contributed by atoms with Crippen molar-refractivity contribution >= 4 is 21.7 Å². The van der Waals surface area contributed by atoms with Crippen molar-refractivity contribution in [3.05, 3.63) is 41.2 Å². The van der Waals surface area contributed by atoms with E-state index < -0.39 is 0 Å². The van der Waals surface area contributed by atoms with Crippen LogP contribution < -0.4 is 4.74 Å². The molecular formula is C16H16O3. The highest BCUT2D eigenvalue weighted by Crippen LogP contribution is 2.41. The highest BCUT2D eigenvalue weighted by atomic mass is 16.5. The summed E-state index contributed by atoms with van der Waals surface area (Å²) in [6.07, 6.45) is 1.71. The van der Waals surface area contributed by atoms with Gasteiger partial charge >= 0.3 is 0 Å². The average Bonchev–Trinajstić information content (AvgIpc) is 2.79. The maximum absolute atomic E-state index is 9.78. The highest BCUT2D eigenvalue weighted by Gasteiger charge is 2.19. The van der Waals surface area contributed by atoms with E-state index in [1.165, 1.54) is 0 Å². The minimum atomic E-state index is -0.0117. The van der Waals surface area contributed by atoms with Gasteiger partial charge in [0.25, 0.3) is 0 Å². The average molecular weight is 256 g/mol. The lowest BCUT2D eigenvalue weighted by Crippen LogP contribution is -1.95. The van der Waals surface area contributed by atoms with E-state index >= 15 is 0 Å². The van der Waals surface area contributed by atoms with Crippen LogP contribution in [-0.2, 0) is 6.61 Å². The van der Waals surface area contributed by atoms with E-state index in [1.807, 2.05) is 32.0 Å². The Morgan fingerprint density at radius 1 is 1.16 bits per heavy atom. The summed E-state index contributed by atoms with van der Waals surface area (Å²) < 4.78 is 11.2. The second-order valence-electron chi connectivity index (χ2n) is 4.79. The maximum atomic E-state index is 9.78. The molecule has 0 bridgehead atoms. The number of aryl methyl sites for hydroxylation is 2. The second-order valence-corrected chi connectivity index (χ2v) is 4.79. The molecule has 0 saturated carbocycles. The lowest BCUT2D eigenvalue weighted by atomic mass is 9.95. The first-order valence-electron chi connectivity index (χ1n) is 6.25. The SMILES string of the molecule is COc1c2cccc(C)c2c(CO)c2c(C)coc12. The van der Waals surface area contributed by atoms with Crippen LogP contribution >= 0.6 is 0 Å². The standard InChI is InChI=1S/C16H16O3/c1-9-5-4-6-11-13(9)12(7-17)14-10(2)8-19-16(14)15(11)18-3/h4-6,8,17H,7H2,1-3H3. The van der Waals surface area contributed by atoms with Crippen LogP contribution in [-0.4, -0.2) is 12.2 Å². The van der Waals surface area contributed by atoms with Gasteiger partial charge in [-0.2, -0.15) is 0 Å². The molecule has 2 aromatic carbocycles. The molecule has 3 aromatic rings. The number of furan rings is 1. The minimum absolute atomic E-state index is 0.0117. The number of rotatable bonds is 2. The highest BCUT2D eigenvalue weighted by molar-refractivity contribution is 6.08. The van der Waals surface area contributed by atoms with Gasteiger partial charge in [-0.3, -0.25) is 0 Å². The number of fused-ring (bicyclic) bond motifs is 2. The molecule has 98 valence electrons. The molecule has 0 atom stereocenters.